The summed E-state index contributed by atoms with van der Waals surface area (Å²) in [4.78, 5) is 26.2. The second-order valence-corrected chi connectivity index (χ2v) is 8.26. The molecule has 1 fully saturated rings. The molecule has 0 spiro atoms. The molecule has 0 aromatic heterocycles. The van der Waals surface area contributed by atoms with E-state index in [1.165, 1.54) is 25.7 Å². The SMILES string of the molecule is CCCC/C=C/CCC(=O)NCCN(CCNC(=O)CC/C=C/CCCC)CC1CO1. The van der Waals surface area contributed by atoms with E-state index in [9.17, 15) is 9.59 Å². The molecule has 1 saturated heterocycles. The van der Waals surface area contributed by atoms with Crippen molar-refractivity contribution in [2.75, 3.05) is 39.3 Å². The number of carbonyl (C=O) groups is 2. The van der Waals surface area contributed by atoms with Gasteiger partial charge in [0.15, 0.2) is 0 Å². The van der Waals surface area contributed by atoms with E-state index in [0.29, 0.717) is 32.0 Å². The van der Waals surface area contributed by atoms with E-state index >= 15 is 0 Å². The zero-order valence-corrected chi connectivity index (χ0v) is 19.9. The predicted molar refractivity (Wildman–Crippen MR) is 128 cm³/mol. The molecule has 0 saturated carbocycles. The zero-order chi connectivity index (χ0) is 22.6. The van der Waals surface area contributed by atoms with Gasteiger partial charge in [-0.2, -0.15) is 0 Å². The summed E-state index contributed by atoms with van der Waals surface area (Å²) < 4.78 is 5.35. The molecule has 1 atom stereocenters. The van der Waals surface area contributed by atoms with Gasteiger partial charge in [-0.05, 0) is 25.7 Å². The molecule has 6 nitrogen and oxygen atoms in total. The first-order valence-corrected chi connectivity index (χ1v) is 12.3. The Morgan fingerprint density at radius 1 is 0.839 bits per heavy atom. The zero-order valence-electron chi connectivity index (χ0n) is 19.9. The standard InChI is InChI=1S/C25H45N3O3/c1-3-5-7-9-11-13-15-24(29)26-17-19-28(21-23-22-31-23)20-18-27-25(30)16-14-12-10-8-6-4-2/h9-12,23H,3-8,13-22H2,1-2H3,(H,26,29)(H,27,30)/b11-9+,12-10+. The quantitative estimate of drug-likeness (QED) is 0.172. The third-order valence-electron chi connectivity index (χ3n) is 5.22. The van der Waals surface area contributed by atoms with E-state index < -0.39 is 0 Å². The van der Waals surface area contributed by atoms with Gasteiger partial charge in [-0.1, -0.05) is 63.8 Å². The molecule has 1 aliphatic rings. The summed E-state index contributed by atoms with van der Waals surface area (Å²) in [6.45, 7) is 8.82. The van der Waals surface area contributed by atoms with Gasteiger partial charge in [-0.25, -0.2) is 0 Å². The van der Waals surface area contributed by atoms with Crippen molar-refractivity contribution in [2.45, 2.75) is 84.2 Å². The maximum atomic E-state index is 12.0. The molecule has 1 rings (SSSR count). The van der Waals surface area contributed by atoms with E-state index in [1.54, 1.807) is 0 Å². The van der Waals surface area contributed by atoms with Crippen molar-refractivity contribution in [1.82, 2.24) is 15.5 Å². The molecule has 1 heterocycles. The molecule has 2 N–H and O–H groups in total. The third-order valence-corrected chi connectivity index (χ3v) is 5.22. The van der Waals surface area contributed by atoms with Gasteiger partial charge in [-0.3, -0.25) is 14.5 Å². The lowest BCUT2D eigenvalue weighted by Gasteiger charge is -2.21. The highest BCUT2D eigenvalue weighted by Crippen LogP contribution is 2.10. The van der Waals surface area contributed by atoms with Crippen LogP contribution in [0.3, 0.4) is 0 Å². The van der Waals surface area contributed by atoms with Gasteiger partial charge < -0.3 is 15.4 Å². The molecule has 178 valence electrons. The monoisotopic (exact) mass is 435 g/mol. The summed E-state index contributed by atoms with van der Waals surface area (Å²) in [5.74, 6) is 0.200. The fourth-order valence-electron chi connectivity index (χ4n) is 3.18. The highest BCUT2D eigenvalue weighted by Gasteiger charge is 2.25. The largest absolute Gasteiger partial charge is 0.372 e. The first-order chi connectivity index (χ1) is 15.2. The number of carbonyl (C=O) groups excluding carboxylic acids is 2. The predicted octanol–water partition coefficient (Wildman–Crippen LogP) is 3.97. The summed E-state index contributed by atoms with van der Waals surface area (Å²) >= 11 is 0. The van der Waals surface area contributed by atoms with Crippen molar-refractivity contribution in [1.29, 1.82) is 0 Å². The van der Waals surface area contributed by atoms with E-state index in [-0.39, 0.29) is 11.8 Å². The second-order valence-electron chi connectivity index (χ2n) is 8.26. The van der Waals surface area contributed by atoms with E-state index in [1.807, 2.05) is 0 Å². The van der Waals surface area contributed by atoms with E-state index in [0.717, 1.165) is 51.9 Å². The molecule has 1 unspecified atom stereocenters. The molecule has 0 radical (unpaired) electrons. The summed E-state index contributed by atoms with van der Waals surface area (Å²) in [6.07, 6.45) is 18.6. The smallest absolute Gasteiger partial charge is 0.220 e. The number of hydrogen-bond acceptors (Lipinski definition) is 4. The number of unbranched alkanes of at least 4 members (excludes halogenated alkanes) is 4. The Morgan fingerprint density at radius 2 is 1.29 bits per heavy atom. The Hall–Kier alpha value is -1.66. The Balaban J connectivity index is 2.13. The van der Waals surface area contributed by atoms with Gasteiger partial charge in [0.1, 0.15) is 0 Å². The van der Waals surface area contributed by atoms with Gasteiger partial charge >= 0.3 is 0 Å². The number of hydrogen-bond donors (Lipinski definition) is 2. The van der Waals surface area contributed by atoms with E-state index in [2.05, 4.69) is 53.7 Å². The van der Waals surface area contributed by atoms with Crippen LogP contribution >= 0.6 is 0 Å². The van der Waals surface area contributed by atoms with Crippen LogP contribution in [-0.4, -0.2) is 62.1 Å². The lowest BCUT2D eigenvalue weighted by atomic mass is 10.2. The number of allylic oxidation sites excluding steroid dienone is 4. The Kier molecular flexibility index (Phi) is 16.8. The van der Waals surface area contributed by atoms with Crippen LogP contribution < -0.4 is 10.6 Å². The first kappa shape index (κ1) is 27.4. The summed E-state index contributed by atoms with van der Waals surface area (Å²) in [5, 5.41) is 6.01. The van der Waals surface area contributed by atoms with Crippen LogP contribution in [-0.2, 0) is 14.3 Å². The molecular weight excluding hydrogens is 390 g/mol. The fourth-order valence-corrected chi connectivity index (χ4v) is 3.18. The minimum absolute atomic E-state index is 0.100. The van der Waals surface area contributed by atoms with Crippen molar-refractivity contribution in [3.8, 4) is 0 Å². The second kappa shape index (κ2) is 19.1. The molecule has 0 bridgehead atoms. The van der Waals surface area contributed by atoms with Gasteiger partial charge in [0.2, 0.25) is 11.8 Å². The minimum Gasteiger partial charge on any atom is -0.372 e. The Morgan fingerprint density at radius 3 is 1.71 bits per heavy atom. The topological polar surface area (TPSA) is 74.0 Å². The van der Waals surface area contributed by atoms with Crippen LogP contribution in [0.5, 0.6) is 0 Å². The summed E-state index contributed by atoms with van der Waals surface area (Å²) in [7, 11) is 0. The number of rotatable bonds is 20. The normalized spacial score (nSPS) is 15.8. The van der Waals surface area contributed by atoms with Gasteiger partial charge in [0, 0.05) is 45.6 Å². The van der Waals surface area contributed by atoms with Crippen LogP contribution in [0.25, 0.3) is 0 Å². The molecular formula is C25H45N3O3. The first-order valence-electron chi connectivity index (χ1n) is 12.3. The molecule has 1 aliphatic heterocycles. The van der Waals surface area contributed by atoms with Crippen molar-refractivity contribution in [2.24, 2.45) is 0 Å². The fraction of sp³-hybridized carbons (Fsp3) is 0.760. The van der Waals surface area contributed by atoms with E-state index in [4.69, 9.17) is 4.74 Å². The third kappa shape index (κ3) is 17.7. The van der Waals surface area contributed by atoms with Crippen molar-refractivity contribution in [3.63, 3.8) is 0 Å². The molecule has 0 aromatic carbocycles. The van der Waals surface area contributed by atoms with Crippen LogP contribution in [0.2, 0.25) is 0 Å². The molecule has 0 aliphatic carbocycles. The average Bonchev–Trinajstić information content (AvgIpc) is 3.57. The van der Waals surface area contributed by atoms with Crippen LogP contribution in [0.1, 0.15) is 78.1 Å². The molecule has 31 heavy (non-hydrogen) atoms. The van der Waals surface area contributed by atoms with Crippen molar-refractivity contribution in [3.05, 3.63) is 24.3 Å². The van der Waals surface area contributed by atoms with Crippen molar-refractivity contribution < 1.29 is 14.3 Å². The number of epoxide rings is 1. The molecule has 6 heteroatoms. The average molecular weight is 436 g/mol. The Bertz CT molecular complexity index is 490. The van der Waals surface area contributed by atoms with Gasteiger partial charge in [-0.15, -0.1) is 0 Å². The summed E-state index contributed by atoms with van der Waals surface area (Å²) in [5.41, 5.74) is 0. The summed E-state index contributed by atoms with van der Waals surface area (Å²) in [6, 6.07) is 0. The lowest BCUT2D eigenvalue weighted by molar-refractivity contribution is -0.121. The van der Waals surface area contributed by atoms with Gasteiger partial charge in [0.25, 0.3) is 0 Å². The van der Waals surface area contributed by atoms with Crippen molar-refractivity contribution >= 4 is 11.8 Å². The number of ether oxygens (including phenoxy) is 1. The number of nitrogens with zero attached hydrogens (tertiary/aromatic N) is 1. The highest BCUT2D eigenvalue weighted by molar-refractivity contribution is 5.76. The molecule has 2 amide bonds. The highest BCUT2D eigenvalue weighted by atomic mass is 16.6. The Labute approximate surface area is 189 Å². The van der Waals surface area contributed by atoms with Crippen LogP contribution in [0.4, 0.5) is 0 Å². The maximum Gasteiger partial charge on any atom is 0.220 e. The maximum absolute atomic E-state index is 12.0. The number of amides is 2. The minimum atomic E-state index is 0.100. The molecule has 0 aromatic rings. The van der Waals surface area contributed by atoms with Crippen LogP contribution in [0, 0.1) is 0 Å². The van der Waals surface area contributed by atoms with Crippen LogP contribution in [0.15, 0.2) is 24.3 Å². The van der Waals surface area contributed by atoms with Gasteiger partial charge in [0.05, 0.1) is 12.7 Å². The lowest BCUT2D eigenvalue weighted by Crippen LogP contribution is -2.41. The number of nitrogens with one attached hydrogen (secondary N) is 2.